The van der Waals surface area contributed by atoms with Crippen molar-refractivity contribution < 1.29 is 14.6 Å². The molecule has 0 aliphatic carbocycles. The summed E-state index contributed by atoms with van der Waals surface area (Å²) < 4.78 is 5.52. The fourth-order valence-corrected chi connectivity index (χ4v) is 2.16. The van der Waals surface area contributed by atoms with Crippen molar-refractivity contribution in [2.75, 3.05) is 39.8 Å². The first-order valence-electron chi connectivity index (χ1n) is 6.93. The molecule has 110 valence electrons. The number of likely N-dealkylation sites (N-methyl/N-ethyl adjacent to an activating group) is 1. The molecule has 1 fully saturated rings. The molecule has 5 heteroatoms. The lowest BCUT2D eigenvalue weighted by atomic mass is 10.1. The Kier molecular flexibility index (Phi) is 4.98. The highest BCUT2D eigenvalue weighted by molar-refractivity contribution is 5.77. The van der Waals surface area contributed by atoms with Crippen molar-refractivity contribution in [3.05, 3.63) is 29.8 Å². The molecule has 0 spiro atoms. The first-order valence-corrected chi connectivity index (χ1v) is 6.93. The minimum atomic E-state index is -0.535. The molecule has 0 bridgehead atoms. The molecule has 5 nitrogen and oxygen atoms in total. The van der Waals surface area contributed by atoms with Crippen molar-refractivity contribution in [2.24, 2.45) is 0 Å². The molecule has 0 aromatic heterocycles. The third-order valence-electron chi connectivity index (χ3n) is 3.56. The zero-order valence-corrected chi connectivity index (χ0v) is 12.1. The second-order valence-electron chi connectivity index (χ2n) is 5.22. The molecule has 0 unspecified atom stereocenters. The predicted octanol–water partition coefficient (Wildman–Crippen LogP) is 0.893. The summed E-state index contributed by atoms with van der Waals surface area (Å²) >= 11 is 0. The minimum Gasteiger partial charge on any atom is -0.484 e. The Morgan fingerprint density at radius 1 is 1.35 bits per heavy atom. The molecule has 1 atom stereocenters. The summed E-state index contributed by atoms with van der Waals surface area (Å²) in [5, 5.41) is 9.52. The van der Waals surface area contributed by atoms with E-state index in [9.17, 15) is 9.90 Å². The van der Waals surface area contributed by atoms with Gasteiger partial charge >= 0.3 is 0 Å². The molecule has 0 radical (unpaired) electrons. The third-order valence-corrected chi connectivity index (χ3v) is 3.56. The van der Waals surface area contributed by atoms with Gasteiger partial charge in [0.15, 0.2) is 6.61 Å². The number of hydrogen-bond donors (Lipinski definition) is 1. The molecule has 1 amide bonds. The van der Waals surface area contributed by atoms with Crippen LogP contribution in [-0.4, -0.2) is 60.6 Å². The topological polar surface area (TPSA) is 53.0 Å². The molecule has 1 aliphatic heterocycles. The molecule has 0 saturated carbocycles. The van der Waals surface area contributed by atoms with Crippen LogP contribution in [0.25, 0.3) is 0 Å². The summed E-state index contributed by atoms with van der Waals surface area (Å²) in [6.45, 7) is 5.08. The van der Waals surface area contributed by atoms with E-state index in [0.717, 1.165) is 31.7 Å². The van der Waals surface area contributed by atoms with Crippen molar-refractivity contribution >= 4 is 5.91 Å². The Bertz CT molecular complexity index is 454. The lowest BCUT2D eigenvalue weighted by molar-refractivity contribution is -0.134. The van der Waals surface area contributed by atoms with Gasteiger partial charge in [-0.1, -0.05) is 12.1 Å². The molecule has 1 N–H and O–H groups in total. The van der Waals surface area contributed by atoms with E-state index in [1.54, 1.807) is 19.1 Å². The highest BCUT2D eigenvalue weighted by atomic mass is 16.5. The molecule has 1 saturated heterocycles. The van der Waals surface area contributed by atoms with Crippen molar-refractivity contribution in [3.63, 3.8) is 0 Å². The number of nitrogens with zero attached hydrogens (tertiary/aromatic N) is 2. The van der Waals surface area contributed by atoms with Crippen LogP contribution in [0, 0.1) is 0 Å². The van der Waals surface area contributed by atoms with Crippen LogP contribution in [0.4, 0.5) is 0 Å². The molecule has 1 heterocycles. The largest absolute Gasteiger partial charge is 0.484 e. The van der Waals surface area contributed by atoms with Crippen LogP contribution < -0.4 is 4.74 Å². The second kappa shape index (κ2) is 6.72. The number of amides is 1. The number of carbonyl (C=O) groups excluding carboxylic acids is 1. The van der Waals surface area contributed by atoms with Gasteiger partial charge in [0.05, 0.1) is 6.10 Å². The summed E-state index contributed by atoms with van der Waals surface area (Å²) in [5.74, 6) is 0.631. The average Bonchev–Trinajstić information content (AvgIpc) is 2.46. The molecule has 20 heavy (non-hydrogen) atoms. The molecule has 1 aliphatic rings. The highest BCUT2D eigenvalue weighted by Crippen LogP contribution is 2.18. The summed E-state index contributed by atoms with van der Waals surface area (Å²) in [4.78, 5) is 16.1. The van der Waals surface area contributed by atoms with Gasteiger partial charge in [-0.2, -0.15) is 0 Å². The third kappa shape index (κ3) is 3.95. The zero-order valence-electron chi connectivity index (χ0n) is 12.1. The molecule has 1 aromatic rings. The van der Waals surface area contributed by atoms with Gasteiger partial charge in [-0.05, 0) is 31.7 Å². The standard InChI is InChI=1S/C15H22N2O3/c1-12(18)13-4-3-5-14(10-13)20-11-15(19)17-8-6-16(2)7-9-17/h3-5,10,12,18H,6-9,11H2,1-2H3/t12-/m1/s1. The van der Waals surface area contributed by atoms with Gasteiger partial charge in [-0.25, -0.2) is 0 Å². The molecule has 2 rings (SSSR count). The van der Waals surface area contributed by atoms with Crippen LogP contribution in [0.1, 0.15) is 18.6 Å². The maximum absolute atomic E-state index is 12.0. The summed E-state index contributed by atoms with van der Waals surface area (Å²) in [6, 6.07) is 7.21. The normalized spacial score (nSPS) is 17.9. The maximum atomic E-state index is 12.0. The summed E-state index contributed by atoms with van der Waals surface area (Å²) in [5.41, 5.74) is 0.787. The predicted molar refractivity (Wildman–Crippen MR) is 76.6 cm³/mol. The Hall–Kier alpha value is -1.59. The number of benzene rings is 1. The minimum absolute atomic E-state index is 0.0144. The smallest absolute Gasteiger partial charge is 0.260 e. The summed E-state index contributed by atoms with van der Waals surface area (Å²) in [6.07, 6.45) is -0.535. The number of aliphatic hydroxyl groups is 1. The number of piperazine rings is 1. The second-order valence-corrected chi connectivity index (χ2v) is 5.22. The Labute approximate surface area is 119 Å². The fraction of sp³-hybridized carbons (Fsp3) is 0.533. The van der Waals surface area contributed by atoms with E-state index in [1.165, 1.54) is 0 Å². The number of rotatable bonds is 4. The van der Waals surface area contributed by atoms with Crippen molar-refractivity contribution in [1.82, 2.24) is 9.80 Å². The number of ether oxygens (including phenoxy) is 1. The van der Waals surface area contributed by atoms with Gasteiger partial charge in [0.25, 0.3) is 5.91 Å². The van der Waals surface area contributed by atoms with Gasteiger partial charge in [0.2, 0.25) is 0 Å². The molecular weight excluding hydrogens is 256 g/mol. The van der Waals surface area contributed by atoms with Gasteiger partial charge in [-0.15, -0.1) is 0 Å². The monoisotopic (exact) mass is 278 g/mol. The van der Waals surface area contributed by atoms with E-state index in [4.69, 9.17) is 4.74 Å². The van der Waals surface area contributed by atoms with Crippen LogP contribution in [0.15, 0.2) is 24.3 Å². The highest BCUT2D eigenvalue weighted by Gasteiger charge is 2.19. The maximum Gasteiger partial charge on any atom is 0.260 e. The number of aliphatic hydroxyl groups excluding tert-OH is 1. The molecular formula is C15H22N2O3. The van der Waals surface area contributed by atoms with Crippen LogP contribution in [-0.2, 0) is 4.79 Å². The van der Waals surface area contributed by atoms with E-state index >= 15 is 0 Å². The number of hydrogen-bond acceptors (Lipinski definition) is 4. The Morgan fingerprint density at radius 2 is 2.05 bits per heavy atom. The average molecular weight is 278 g/mol. The zero-order chi connectivity index (χ0) is 14.5. The van der Waals surface area contributed by atoms with E-state index in [1.807, 2.05) is 17.0 Å². The van der Waals surface area contributed by atoms with Crippen LogP contribution in [0.5, 0.6) is 5.75 Å². The van der Waals surface area contributed by atoms with E-state index in [0.29, 0.717) is 5.75 Å². The van der Waals surface area contributed by atoms with E-state index in [2.05, 4.69) is 11.9 Å². The van der Waals surface area contributed by atoms with E-state index in [-0.39, 0.29) is 12.5 Å². The Balaban J connectivity index is 1.85. The van der Waals surface area contributed by atoms with Gasteiger partial charge in [-0.3, -0.25) is 4.79 Å². The number of carbonyl (C=O) groups is 1. The van der Waals surface area contributed by atoms with Gasteiger partial charge < -0.3 is 19.6 Å². The van der Waals surface area contributed by atoms with Crippen LogP contribution in [0.2, 0.25) is 0 Å². The quantitative estimate of drug-likeness (QED) is 0.889. The first kappa shape index (κ1) is 14.8. The van der Waals surface area contributed by atoms with Gasteiger partial charge in [0.1, 0.15) is 5.75 Å². The van der Waals surface area contributed by atoms with E-state index < -0.39 is 6.10 Å². The Morgan fingerprint density at radius 3 is 2.70 bits per heavy atom. The lowest BCUT2D eigenvalue weighted by Crippen LogP contribution is -2.48. The SMILES string of the molecule is C[C@@H](O)c1cccc(OCC(=O)N2CCN(C)CC2)c1. The van der Waals surface area contributed by atoms with Crippen LogP contribution in [0.3, 0.4) is 0 Å². The fourth-order valence-electron chi connectivity index (χ4n) is 2.16. The lowest BCUT2D eigenvalue weighted by Gasteiger charge is -2.32. The van der Waals surface area contributed by atoms with Crippen molar-refractivity contribution in [2.45, 2.75) is 13.0 Å². The van der Waals surface area contributed by atoms with Crippen molar-refractivity contribution in [3.8, 4) is 5.75 Å². The summed E-state index contributed by atoms with van der Waals surface area (Å²) in [7, 11) is 2.06. The molecule has 1 aromatic carbocycles. The first-order chi connectivity index (χ1) is 9.56. The van der Waals surface area contributed by atoms with Gasteiger partial charge in [0, 0.05) is 26.2 Å². The van der Waals surface area contributed by atoms with Crippen LogP contribution >= 0.6 is 0 Å². The van der Waals surface area contributed by atoms with Crippen molar-refractivity contribution in [1.29, 1.82) is 0 Å².